The SMILES string of the molecule is CCCNC(CCOc1ccc(F)cc1)C(=O)OC. The largest absolute Gasteiger partial charge is 0.494 e. The highest BCUT2D eigenvalue weighted by atomic mass is 19.1. The monoisotopic (exact) mass is 269 g/mol. The lowest BCUT2D eigenvalue weighted by Gasteiger charge is -2.16. The van der Waals surface area contributed by atoms with E-state index < -0.39 is 0 Å². The molecule has 0 amide bonds. The van der Waals surface area contributed by atoms with Crippen molar-refractivity contribution in [3.05, 3.63) is 30.1 Å². The van der Waals surface area contributed by atoms with Gasteiger partial charge in [-0.05, 0) is 37.2 Å². The second kappa shape index (κ2) is 8.48. The molecule has 1 N–H and O–H groups in total. The Morgan fingerprint density at radius 3 is 2.63 bits per heavy atom. The third-order valence-corrected chi connectivity index (χ3v) is 2.62. The van der Waals surface area contributed by atoms with Crippen LogP contribution < -0.4 is 10.1 Å². The van der Waals surface area contributed by atoms with Crippen molar-refractivity contribution in [2.45, 2.75) is 25.8 Å². The summed E-state index contributed by atoms with van der Waals surface area (Å²) in [5.41, 5.74) is 0. The lowest BCUT2D eigenvalue weighted by atomic mass is 10.2. The minimum Gasteiger partial charge on any atom is -0.494 e. The summed E-state index contributed by atoms with van der Waals surface area (Å²) < 4.78 is 22.9. The summed E-state index contributed by atoms with van der Waals surface area (Å²) >= 11 is 0. The minimum absolute atomic E-state index is 0.295. The van der Waals surface area contributed by atoms with Gasteiger partial charge in [0.25, 0.3) is 0 Å². The van der Waals surface area contributed by atoms with Gasteiger partial charge in [-0.3, -0.25) is 4.79 Å². The van der Waals surface area contributed by atoms with Crippen LogP contribution in [0.3, 0.4) is 0 Å². The molecule has 106 valence electrons. The Labute approximate surface area is 112 Å². The molecule has 5 heteroatoms. The average molecular weight is 269 g/mol. The smallest absolute Gasteiger partial charge is 0.322 e. The summed E-state index contributed by atoms with van der Waals surface area (Å²) in [7, 11) is 1.36. The van der Waals surface area contributed by atoms with Gasteiger partial charge < -0.3 is 14.8 Å². The van der Waals surface area contributed by atoms with Crippen LogP contribution in [0.5, 0.6) is 5.75 Å². The molecule has 1 atom stereocenters. The molecule has 0 spiro atoms. The number of carbonyl (C=O) groups is 1. The Kier molecular flexibility index (Phi) is 6.89. The van der Waals surface area contributed by atoms with Crippen LogP contribution >= 0.6 is 0 Å². The molecule has 1 aromatic rings. The summed E-state index contributed by atoms with van der Waals surface area (Å²) in [4.78, 5) is 11.5. The zero-order valence-electron chi connectivity index (χ0n) is 11.3. The molecule has 0 aromatic heterocycles. The van der Waals surface area contributed by atoms with E-state index in [1.165, 1.54) is 19.2 Å². The standard InChI is InChI=1S/C14H20FNO3/c1-3-9-16-13(14(17)18-2)8-10-19-12-6-4-11(15)5-7-12/h4-7,13,16H,3,8-10H2,1-2H3. The number of methoxy groups -OCH3 is 1. The third-order valence-electron chi connectivity index (χ3n) is 2.62. The van der Waals surface area contributed by atoms with E-state index in [-0.39, 0.29) is 17.8 Å². The average Bonchev–Trinajstić information content (AvgIpc) is 2.43. The molecule has 0 fully saturated rings. The molecule has 1 rings (SSSR count). The highest BCUT2D eigenvalue weighted by Gasteiger charge is 2.17. The number of benzene rings is 1. The first-order valence-electron chi connectivity index (χ1n) is 6.37. The van der Waals surface area contributed by atoms with Gasteiger partial charge >= 0.3 is 5.97 Å². The lowest BCUT2D eigenvalue weighted by Crippen LogP contribution is -2.39. The van der Waals surface area contributed by atoms with Crippen LogP contribution in [0.2, 0.25) is 0 Å². The molecule has 1 unspecified atom stereocenters. The van der Waals surface area contributed by atoms with Crippen molar-refractivity contribution in [3.8, 4) is 5.75 Å². The normalized spacial score (nSPS) is 11.9. The molecule has 0 aliphatic rings. The number of nitrogens with one attached hydrogen (secondary N) is 1. The molecule has 0 aliphatic carbocycles. The van der Waals surface area contributed by atoms with E-state index in [0.717, 1.165) is 13.0 Å². The quantitative estimate of drug-likeness (QED) is 0.734. The minimum atomic E-state index is -0.370. The Morgan fingerprint density at radius 2 is 2.05 bits per heavy atom. The molecule has 0 aliphatic heterocycles. The Balaban J connectivity index is 2.38. The lowest BCUT2D eigenvalue weighted by molar-refractivity contribution is -0.143. The fourth-order valence-corrected chi connectivity index (χ4v) is 1.59. The van der Waals surface area contributed by atoms with Crippen molar-refractivity contribution in [3.63, 3.8) is 0 Å². The van der Waals surface area contributed by atoms with Crippen LogP contribution in [0.15, 0.2) is 24.3 Å². The first-order chi connectivity index (χ1) is 9.17. The number of hydrogen-bond donors (Lipinski definition) is 1. The first-order valence-corrected chi connectivity index (χ1v) is 6.37. The zero-order chi connectivity index (χ0) is 14.1. The van der Waals surface area contributed by atoms with Crippen molar-refractivity contribution in [1.29, 1.82) is 0 Å². The van der Waals surface area contributed by atoms with Gasteiger partial charge in [0.05, 0.1) is 13.7 Å². The van der Waals surface area contributed by atoms with Gasteiger partial charge in [0.15, 0.2) is 0 Å². The summed E-state index contributed by atoms with van der Waals surface area (Å²) in [6, 6.07) is 5.42. The maximum Gasteiger partial charge on any atom is 0.322 e. The van der Waals surface area contributed by atoms with Crippen molar-refractivity contribution >= 4 is 5.97 Å². The second-order valence-corrected chi connectivity index (χ2v) is 4.12. The van der Waals surface area contributed by atoms with Crippen LogP contribution in [-0.4, -0.2) is 32.3 Å². The van der Waals surface area contributed by atoms with E-state index in [2.05, 4.69) is 5.32 Å². The van der Waals surface area contributed by atoms with Gasteiger partial charge in [0.2, 0.25) is 0 Å². The van der Waals surface area contributed by atoms with Crippen LogP contribution in [0.25, 0.3) is 0 Å². The topological polar surface area (TPSA) is 47.6 Å². The zero-order valence-corrected chi connectivity index (χ0v) is 11.3. The number of rotatable bonds is 8. The van der Waals surface area contributed by atoms with Gasteiger partial charge in [0, 0.05) is 6.42 Å². The Morgan fingerprint density at radius 1 is 1.37 bits per heavy atom. The van der Waals surface area contributed by atoms with Crippen LogP contribution in [-0.2, 0) is 9.53 Å². The second-order valence-electron chi connectivity index (χ2n) is 4.12. The molecule has 0 saturated carbocycles. The van der Waals surface area contributed by atoms with E-state index in [0.29, 0.717) is 18.8 Å². The van der Waals surface area contributed by atoms with Crippen molar-refractivity contribution in [2.24, 2.45) is 0 Å². The number of hydrogen-bond acceptors (Lipinski definition) is 4. The maximum atomic E-state index is 12.7. The molecule has 4 nitrogen and oxygen atoms in total. The third kappa shape index (κ3) is 5.70. The maximum absolute atomic E-state index is 12.7. The fourth-order valence-electron chi connectivity index (χ4n) is 1.59. The molecule has 1 aromatic carbocycles. The summed E-state index contributed by atoms with van der Waals surface area (Å²) in [5, 5.41) is 3.10. The number of carbonyl (C=O) groups excluding carboxylic acids is 1. The van der Waals surface area contributed by atoms with E-state index in [4.69, 9.17) is 9.47 Å². The molecule has 0 heterocycles. The Bertz CT molecular complexity index is 381. The van der Waals surface area contributed by atoms with Gasteiger partial charge in [-0.1, -0.05) is 6.92 Å². The number of esters is 1. The van der Waals surface area contributed by atoms with E-state index >= 15 is 0 Å². The van der Waals surface area contributed by atoms with Crippen molar-refractivity contribution in [1.82, 2.24) is 5.32 Å². The highest BCUT2D eigenvalue weighted by Crippen LogP contribution is 2.11. The molecule has 0 saturated heterocycles. The highest BCUT2D eigenvalue weighted by molar-refractivity contribution is 5.75. The van der Waals surface area contributed by atoms with E-state index in [9.17, 15) is 9.18 Å². The molecule has 19 heavy (non-hydrogen) atoms. The first kappa shape index (κ1) is 15.4. The summed E-state index contributed by atoms with van der Waals surface area (Å²) in [5.74, 6) is -0.0129. The predicted octanol–water partition coefficient (Wildman–Crippen LogP) is 2.14. The summed E-state index contributed by atoms with van der Waals surface area (Å²) in [6.45, 7) is 3.13. The van der Waals surface area contributed by atoms with Crippen molar-refractivity contribution < 1.29 is 18.7 Å². The predicted molar refractivity (Wildman–Crippen MR) is 70.6 cm³/mol. The molecular weight excluding hydrogens is 249 g/mol. The van der Waals surface area contributed by atoms with Crippen molar-refractivity contribution in [2.75, 3.05) is 20.3 Å². The van der Waals surface area contributed by atoms with Crippen LogP contribution in [0.4, 0.5) is 4.39 Å². The number of ether oxygens (including phenoxy) is 2. The van der Waals surface area contributed by atoms with Gasteiger partial charge in [-0.2, -0.15) is 0 Å². The van der Waals surface area contributed by atoms with E-state index in [1.54, 1.807) is 12.1 Å². The van der Waals surface area contributed by atoms with Gasteiger partial charge in [0.1, 0.15) is 17.6 Å². The number of halogens is 1. The van der Waals surface area contributed by atoms with Gasteiger partial charge in [-0.15, -0.1) is 0 Å². The molecule has 0 radical (unpaired) electrons. The molecular formula is C14H20FNO3. The molecule has 0 bridgehead atoms. The van der Waals surface area contributed by atoms with Crippen LogP contribution in [0, 0.1) is 5.82 Å². The Hall–Kier alpha value is -1.62. The van der Waals surface area contributed by atoms with Gasteiger partial charge in [-0.25, -0.2) is 4.39 Å². The van der Waals surface area contributed by atoms with Crippen LogP contribution in [0.1, 0.15) is 19.8 Å². The van der Waals surface area contributed by atoms with E-state index in [1.807, 2.05) is 6.92 Å². The fraction of sp³-hybridized carbons (Fsp3) is 0.500. The summed E-state index contributed by atoms with van der Waals surface area (Å²) in [6.07, 6.45) is 1.44.